The second-order valence-corrected chi connectivity index (χ2v) is 6.42. The van der Waals surface area contributed by atoms with E-state index in [1.54, 1.807) is 25.1 Å². The molecule has 3 amide bonds. The van der Waals surface area contributed by atoms with Crippen molar-refractivity contribution in [1.29, 1.82) is 0 Å². The maximum absolute atomic E-state index is 12.2. The number of carbonyl (C=O) groups excluding carboxylic acids is 2. The van der Waals surface area contributed by atoms with Gasteiger partial charge in [-0.3, -0.25) is 4.79 Å². The van der Waals surface area contributed by atoms with E-state index in [0.29, 0.717) is 5.56 Å². The zero-order chi connectivity index (χ0) is 17.0. The number of primary amides is 1. The third-order valence-corrected chi connectivity index (χ3v) is 4.51. The highest BCUT2D eigenvalue weighted by atomic mass is 32.2. The van der Waals surface area contributed by atoms with Crippen LogP contribution in [0.2, 0.25) is 0 Å². The van der Waals surface area contributed by atoms with E-state index in [1.165, 1.54) is 30.3 Å². The molecule has 0 fully saturated rings. The maximum atomic E-state index is 12.2. The summed E-state index contributed by atoms with van der Waals surface area (Å²) in [5, 5.41) is 2.35. The third kappa shape index (κ3) is 4.07. The number of urea groups is 1. The molecule has 2 aromatic rings. The van der Waals surface area contributed by atoms with Crippen molar-refractivity contribution in [3.05, 3.63) is 59.7 Å². The first-order valence-electron chi connectivity index (χ1n) is 6.59. The van der Waals surface area contributed by atoms with Crippen molar-refractivity contribution < 1.29 is 18.0 Å². The van der Waals surface area contributed by atoms with E-state index in [4.69, 9.17) is 5.73 Å². The van der Waals surface area contributed by atoms with Crippen LogP contribution in [0.15, 0.2) is 53.4 Å². The van der Waals surface area contributed by atoms with E-state index in [9.17, 15) is 18.0 Å². The molecule has 0 aliphatic rings. The third-order valence-electron chi connectivity index (χ3n) is 3.02. The molecule has 0 radical (unpaired) electrons. The highest BCUT2D eigenvalue weighted by molar-refractivity contribution is 7.90. The van der Waals surface area contributed by atoms with Gasteiger partial charge in [-0.2, -0.15) is 0 Å². The Labute approximate surface area is 133 Å². The Hall–Kier alpha value is -2.87. The van der Waals surface area contributed by atoms with E-state index in [1.807, 2.05) is 4.72 Å². The second-order valence-electron chi connectivity index (χ2n) is 4.77. The lowest BCUT2D eigenvalue weighted by molar-refractivity contribution is 0.1000. The fourth-order valence-corrected chi connectivity index (χ4v) is 3.10. The molecule has 0 saturated heterocycles. The predicted molar refractivity (Wildman–Crippen MR) is 85.5 cm³/mol. The molecule has 0 aliphatic heterocycles. The van der Waals surface area contributed by atoms with Gasteiger partial charge in [-0.1, -0.05) is 24.3 Å². The Morgan fingerprint density at radius 2 is 1.74 bits per heavy atom. The minimum absolute atomic E-state index is 0.0148. The van der Waals surface area contributed by atoms with E-state index < -0.39 is 22.0 Å². The van der Waals surface area contributed by atoms with Crippen molar-refractivity contribution >= 4 is 27.6 Å². The van der Waals surface area contributed by atoms with Crippen LogP contribution in [0.25, 0.3) is 0 Å². The van der Waals surface area contributed by atoms with Gasteiger partial charge in [0.2, 0.25) is 5.91 Å². The molecule has 2 rings (SSSR count). The number of hydrogen-bond acceptors (Lipinski definition) is 4. The van der Waals surface area contributed by atoms with Crippen molar-refractivity contribution in [1.82, 2.24) is 4.72 Å². The van der Waals surface area contributed by atoms with E-state index >= 15 is 0 Å². The van der Waals surface area contributed by atoms with E-state index in [2.05, 4.69) is 5.32 Å². The molecule has 0 heterocycles. The molecule has 0 aromatic heterocycles. The van der Waals surface area contributed by atoms with Crippen LogP contribution in [0.5, 0.6) is 0 Å². The van der Waals surface area contributed by atoms with Gasteiger partial charge in [-0.15, -0.1) is 0 Å². The summed E-state index contributed by atoms with van der Waals surface area (Å²) in [4.78, 5) is 23.0. The molecule has 2 aromatic carbocycles. The van der Waals surface area contributed by atoms with E-state index in [0.717, 1.165) is 0 Å². The lowest BCUT2D eigenvalue weighted by Gasteiger charge is -2.10. The molecular formula is C15H15N3O4S. The summed E-state index contributed by atoms with van der Waals surface area (Å²) in [5.41, 5.74) is 6.11. The molecule has 0 atom stereocenters. The van der Waals surface area contributed by atoms with E-state index in [-0.39, 0.29) is 16.1 Å². The largest absolute Gasteiger partial charge is 0.366 e. The molecular weight excluding hydrogens is 318 g/mol. The van der Waals surface area contributed by atoms with Crippen LogP contribution in [0.3, 0.4) is 0 Å². The molecule has 0 unspecified atom stereocenters. The van der Waals surface area contributed by atoms with Gasteiger partial charge in [0.15, 0.2) is 0 Å². The van der Waals surface area contributed by atoms with Gasteiger partial charge in [-0.05, 0) is 36.8 Å². The van der Waals surface area contributed by atoms with Gasteiger partial charge in [0, 0.05) is 11.3 Å². The maximum Gasteiger partial charge on any atom is 0.333 e. The van der Waals surface area contributed by atoms with Crippen LogP contribution in [0, 0.1) is 6.92 Å². The van der Waals surface area contributed by atoms with Gasteiger partial charge in [0.05, 0.1) is 4.90 Å². The molecule has 8 heteroatoms. The summed E-state index contributed by atoms with van der Waals surface area (Å²) in [6, 6.07) is 11.2. The zero-order valence-corrected chi connectivity index (χ0v) is 13.1. The highest BCUT2D eigenvalue weighted by Gasteiger charge is 2.19. The van der Waals surface area contributed by atoms with Gasteiger partial charge < -0.3 is 11.1 Å². The highest BCUT2D eigenvalue weighted by Crippen LogP contribution is 2.14. The summed E-state index contributed by atoms with van der Waals surface area (Å²) in [5.74, 6) is -0.651. The number of benzene rings is 2. The normalized spacial score (nSPS) is 10.8. The summed E-state index contributed by atoms with van der Waals surface area (Å²) < 4.78 is 26.3. The van der Waals surface area contributed by atoms with Gasteiger partial charge in [0.25, 0.3) is 10.0 Å². The zero-order valence-electron chi connectivity index (χ0n) is 12.2. The van der Waals surface area contributed by atoms with Gasteiger partial charge >= 0.3 is 6.03 Å². The van der Waals surface area contributed by atoms with Crippen molar-refractivity contribution in [3.8, 4) is 0 Å². The number of aryl methyl sites for hydroxylation is 1. The van der Waals surface area contributed by atoms with Crippen LogP contribution < -0.4 is 15.8 Å². The second kappa shape index (κ2) is 6.49. The number of amides is 3. The Balaban J connectivity index is 2.15. The lowest BCUT2D eigenvalue weighted by atomic mass is 10.2. The summed E-state index contributed by atoms with van der Waals surface area (Å²) >= 11 is 0. The van der Waals surface area contributed by atoms with Crippen LogP contribution in [-0.4, -0.2) is 20.4 Å². The number of nitrogens with two attached hydrogens (primary N) is 1. The molecule has 120 valence electrons. The Morgan fingerprint density at radius 3 is 2.39 bits per heavy atom. The summed E-state index contributed by atoms with van der Waals surface area (Å²) in [6.07, 6.45) is 0. The fourth-order valence-electron chi connectivity index (χ4n) is 1.94. The number of anilines is 1. The molecule has 23 heavy (non-hydrogen) atoms. The average Bonchev–Trinajstić information content (AvgIpc) is 2.47. The summed E-state index contributed by atoms with van der Waals surface area (Å²) in [7, 11) is -3.99. The standard InChI is InChI=1S/C15H15N3O4S/c1-10-5-2-3-8-13(10)23(21,22)18-15(20)17-12-7-4-6-11(9-12)14(16)19/h2-9H,1H3,(H2,16,19)(H2,17,18,20). The lowest BCUT2D eigenvalue weighted by Crippen LogP contribution is -2.34. The molecule has 4 N–H and O–H groups in total. The Morgan fingerprint density at radius 1 is 1.04 bits per heavy atom. The number of sulfonamides is 1. The molecule has 0 spiro atoms. The quantitative estimate of drug-likeness (QED) is 0.787. The summed E-state index contributed by atoms with van der Waals surface area (Å²) in [6.45, 7) is 1.63. The number of carbonyl (C=O) groups is 2. The van der Waals surface area contributed by atoms with Crippen LogP contribution in [-0.2, 0) is 10.0 Å². The fraction of sp³-hybridized carbons (Fsp3) is 0.0667. The first-order chi connectivity index (χ1) is 10.8. The molecule has 0 aliphatic carbocycles. The van der Waals surface area contributed by atoms with Gasteiger partial charge in [-0.25, -0.2) is 17.9 Å². The van der Waals surface area contributed by atoms with Crippen molar-refractivity contribution in [2.45, 2.75) is 11.8 Å². The first kappa shape index (κ1) is 16.5. The van der Waals surface area contributed by atoms with Crippen LogP contribution in [0.1, 0.15) is 15.9 Å². The van der Waals surface area contributed by atoms with Gasteiger partial charge in [0.1, 0.15) is 0 Å². The van der Waals surface area contributed by atoms with Crippen LogP contribution >= 0.6 is 0 Å². The topological polar surface area (TPSA) is 118 Å². The predicted octanol–water partition coefficient (Wildman–Crippen LogP) is 1.60. The molecule has 0 bridgehead atoms. The molecule has 7 nitrogen and oxygen atoms in total. The smallest absolute Gasteiger partial charge is 0.333 e. The van der Waals surface area contributed by atoms with Crippen molar-refractivity contribution in [2.75, 3.05) is 5.32 Å². The SMILES string of the molecule is Cc1ccccc1S(=O)(=O)NC(=O)Nc1cccc(C(N)=O)c1. The Bertz CT molecular complexity index is 863. The Kier molecular flexibility index (Phi) is 4.65. The minimum Gasteiger partial charge on any atom is -0.366 e. The monoisotopic (exact) mass is 333 g/mol. The van der Waals surface area contributed by atoms with Crippen molar-refractivity contribution in [2.24, 2.45) is 5.73 Å². The first-order valence-corrected chi connectivity index (χ1v) is 8.07. The number of hydrogen-bond donors (Lipinski definition) is 3. The average molecular weight is 333 g/mol. The number of nitrogens with one attached hydrogen (secondary N) is 2. The number of rotatable bonds is 4. The minimum atomic E-state index is -3.99. The van der Waals surface area contributed by atoms with Crippen LogP contribution in [0.4, 0.5) is 10.5 Å². The molecule has 0 saturated carbocycles. The van der Waals surface area contributed by atoms with Crippen molar-refractivity contribution in [3.63, 3.8) is 0 Å².